The smallest absolute Gasteiger partial charge is 0.180 e. The van der Waals surface area contributed by atoms with Crippen molar-refractivity contribution in [1.82, 2.24) is 15.0 Å². The molecular weight excluding hydrogens is 316 g/mol. The van der Waals surface area contributed by atoms with Gasteiger partial charge in [0.1, 0.15) is 11.5 Å². The quantitative estimate of drug-likeness (QED) is 0.864. The maximum Gasteiger partial charge on any atom is 0.180 e. The van der Waals surface area contributed by atoms with Gasteiger partial charge in [-0.2, -0.15) is 0 Å². The van der Waals surface area contributed by atoms with Gasteiger partial charge in [-0.1, -0.05) is 26.3 Å². The lowest BCUT2D eigenvalue weighted by Gasteiger charge is -2.12. The molecule has 2 aromatic heterocycles. The fraction of sp³-hybridized carbons (Fsp3) is 0.400. The van der Waals surface area contributed by atoms with Crippen molar-refractivity contribution in [2.24, 2.45) is 0 Å². The molecule has 0 saturated carbocycles. The van der Waals surface area contributed by atoms with Crippen molar-refractivity contribution in [3.8, 4) is 11.5 Å². The molecule has 0 aliphatic heterocycles. The number of aromatic nitrogens is 3. The second-order valence-corrected chi connectivity index (χ2v) is 5.34. The normalized spacial score (nSPS) is 10.6. The number of pyridine rings is 1. The van der Waals surface area contributed by atoms with Gasteiger partial charge in [-0.05, 0) is 40.9 Å². The number of aryl methyl sites for hydroxylation is 1. The van der Waals surface area contributed by atoms with Crippen molar-refractivity contribution in [2.75, 3.05) is 11.9 Å². The summed E-state index contributed by atoms with van der Waals surface area (Å²) in [5.74, 6) is 1.53. The Morgan fingerprint density at radius 1 is 1.15 bits per heavy atom. The van der Waals surface area contributed by atoms with E-state index in [1.165, 1.54) is 0 Å². The van der Waals surface area contributed by atoms with Gasteiger partial charge >= 0.3 is 0 Å². The van der Waals surface area contributed by atoms with E-state index in [1.807, 2.05) is 18.2 Å². The summed E-state index contributed by atoms with van der Waals surface area (Å²) in [7, 11) is 0. The summed E-state index contributed by atoms with van der Waals surface area (Å²) in [6, 6.07) is 5.78. The molecule has 106 valence electrons. The van der Waals surface area contributed by atoms with Crippen LogP contribution in [-0.2, 0) is 6.42 Å². The average molecular weight is 335 g/mol. The zero-order chi connectivity index (χ0) is 14.4. The van der Waals surface area contributed by atoms with Crippen LogP contribution in [0.3, 0.4) is 0 Å². The van der Waals surface area contributed by atoms with Gasteiger partial charge in [0, 0.05) is 12.7 Å². The Kier molecular flexibility index (Phi) is 5.47. The zero-order valence-electron chi connectivity index (χ0n) is 11.9. The van der Waals surface area contributed by atoms with Crippen LogP contribution < -0.4 is 5.32 Å². The third-order valence-corrected chi connectivity index (χ3v) is 3.68. The molecule has 0 amide bonds. The third-order valence-electron chi connectivity index (χ3n) is 2.84. The van der Waals surface area contributed by atoms with Gasteiger partial charge in [0.2, 0.25) is 0 Å². The first-order valence-electron chi connectivity index (χ1n) is 6.98. The van der Waals surface area contributed by atoms with E-state index in [0.717, 1.165) is 47.5 Å². The zero-order valence-corrected chi connectivity index (χ0v) is 13.4. The van der Waals surface area contributed by atoms with Crippen molar-refractivity contribution in [3.05, 3.63) is 34.6 Å². The van der Waals surface area contributed by atoms with E-state index >= 15 is 0 Å². The summed E-state index contributed by atoms with van der Waals surface area (Å²) in [4.78, 5) is 13.6. The Morgan fingerprint density at radius 2 is 2.00 bits per heavy atom. The summed E-state index contributed by atoms with van der Waals surface area (Å²) < 4.78 is 0.965. The fourth-order valence-corrected chi connectivity index (χ4v) is 2.38. The van der Waals surface area contributed by atoms with Crippen LogP contribution in [0.1, 0.15) is 32.4 Å². The lowest BCUT2D eigenvalue weighted by Crippen LogP contribution is -2.08. The minimum absolute atomic E-state index is 0.677. The van der Waals surface area contributed by atoms with E-state index in [-0.39, 0.29) is 0 Å². The first-order chi connectivity index (χ1) is 9.76. The molecule has 0 radical (unpaired) electrons. The van der Waals surface area contributed by atoms with Crippen LogP contribution >= 0.6 is 15.9 Å². The first-order valence-corrected chi connectivity index (χ1v) is 7.77. The van der Waals surface area contributed by atoms with Crippen LogP contribution in [0.5, 0.6) is 0 Å². The molecule has 2 heterocycles. The fourth-order valence-electron chi connectivity index (χ4n) is 1.87. The molecule has 0 aromatic carbocycles. The van der Waals surface area contributed by atoms with E-state index in [4.69, 9.17) is 0 Å². The largest absolute Gasteiger partial charge is 0.369 e. The molecule has 5 heteroatoms. The number of nitrogens with one attached hydrogen (secondary N) is 1. The van der Waals surface area contributed by atoms with Crippen LogP contribution in [0.4, 0.5) is 5.82 Å². The molecule has 2 aromatic rings. The molecule has 1 N–H and O–H groups in total. The Bertz CT molecular complexity index is 557. The van der Waals surface area contributed by atoms with Gasteiger partial charge in [-0.3, -0.25) is 4.98 Å². The SMILES string of the molecule is CCCNc1nc(-c2ccccn2)nc(CCC)c1Br. The molecule has 20 heavy (non-hydrogen) atoms. The van der Waals surface area contributed by atoms with Gasteiger partial charge in [0.25, 0.3) is 0 Å². The number of anilines is 1. The highest BCUT2D eigenvalue weighted by Gasteiger charge is 2.13. The molecular formula is C15H19BrN4. The summed E-state index contributed by atoms with van der Waals surface area (Å²) in [6.45, 7) is 5.17. The summed E-state index contributed by atoms with van der Waals surface area (Å²) >= 11 is 3.61. The molecule has 0 aliphatic rings. The molecule has 0 spiro atoms. The van der Waals surface area contributed by atoms with E-state index in [9.17, 15) is 0 Å². The van der Waals surface area contributed by atoms with E-state index in [0.29, 0.717) is 5.82 Å². The summed E-state index contributed by atoms with van der Waals surface area (Å²) in [6.07, 6.45) is 4.78. The number of halogens is 1. The highest BCUT2D eigenvalue weighted by molar-refractivity contribution is 9.10. The maximum absolute atomic E-state index is 4.64. The second-order valence-electron chi connectivity index (χ2n) is 4.55. The first kappa shape index (κ1) is 14.9. The molecule has 0 aliphatic carbocycles. The highest BCUT2D eigenvalue weighted by atomic mass is 79.9. The maximum atomic E-state index is 4.64. The Labute approximate surface area is 128 Å². The molecule has 2 rings (SSSR count). The topological polar surface area (TPSA) is 50.7 Å². The van der Waals surface area contributed by atoms with Crippen LogP contribution in [0.15, 0.2) is 28.9 Å². The summed E-state index contributed by atoms with van der Waals surface area (Å²) in [5, 5.41) is 3.35. The van der Waals surface area contributed by atoms with Gasteiger partial charge in [0.05, 0.1) is 10.2 Å². The minimum atomic E-state index is 0.677. The van der Waals surface area contributed by atoms with Gasteiger partial charge in [-0.25, -0.2) is 9.97 Å². The van der Waals surface area contributed by atoms with Crippen molar-refractivity contribution in [3.63, 3.8) is 0 Å². The van der Waals surface area contributed by atoms with Crippen molar-refractivity contribution >= 4 is 21.7 Å². The van der Waals surface area contributed by atoms with Crippen molar-refractivity contribution in [2.45, 2.75) is 33.1 Å². The molecule has 0 atom stereocenters. The number of nitrogens with zero attached hydrogens (tertiary/aromatic N) is 3. The third kappa shape index (κ3) is 3.54. The number of rotatable bonds is 6. The lowest BCUT2D eigenvalue weighted by molar-refractivity contribution is 0.863. The van der Waals surface area contributed by atoms with E-state index in [2.05, 4.69) is 50.0 Å². The van der Waals surface area contributed by atoms with Crippen LogP contribution in [0, 0.1) is 0 Å². The lowest BCUT2D eigenvalue weighted by atomic mass is 10.2. The molecule has 0 unspecified atom stereocenters. The molecule has 4 nitrogen and oxygen atoms in total. The van der Waals surface area contributed by atoms with Gasteiger partial charge in [0.15, 0.2) is 5.82 Å². The van der Waals surface area contributed by atoms with Crippen LogP contribution in [-0.4, -0.2) is 21.5 Å². The van der Waals surface area contributed by atoms with Crippen LogP contribution in [0.2, 0.25) is 0 Å². The Balaban J connectivity index is 2.44. The van der Waals surface area contributed by atoms with Gasteiger partial charge in [-0.15, -0.1) is 0 Å². The minimum Gasteiger partial charge on any atom is -0.369 e. The Morgan fingerprint density at radius 3 is 2.65 bits per heavy atom. The Hall–Kier alpha value is -1.49. The molecule has 0 saturated heterocycles. The van der Waals surface area contributed by atoms with Crippen LogP contribution in [0.25, 0.3) is 11.5 Å². The molecule has 0 bridgehead atoms. The predicted molar refractivity (Wildman–Crippen MR) is 85.7 cm³/mol. The van der Waals surface area contributed by atoms with E-state index in [1.54, 1.807) is 6.20 Å². The average Bonchev–Trinajstić information content (AvgIpc) is 2.49. The molecule has 0 fully saturated rings. The second kappa shape index (κ2) is 7.33. The predicted octanol–water partition coefficient (Wildman–Crippen LogP) is 4.08. The van der Waals surface area contributed by atoms with Crippen molar-refractivity contribution < 1.29 is 0 Å². The van der Waals surface area contributed by atoms with E-state index < -0.39 is 0 Å². The van der Waals surface area contributed by atoms with Crippen molar-refractivity contribution in [1.29, 1.82) is 0 Å². The monoisotopic (exact) mass is 334 g/mol. The number of hydrogen-bond donors (Lipinski definition) is 1. The van der Waals surface area contributed by atoms with Gasteiger partial charge < -0.3 is 5.32 Å². The number of hydrogen-bond acceptors (Lipinski definition) is 4. The summed E-state index contributed by atoms with van der Waals surface area (Å²) in [5.41, 5.74) is 1.83. The standard InChI is InChI=1S/C15H19BrN4/c1-3-7-11-13(16)15(18-9-4-2)20-14(19-11)12-8-5-6-10-17-12/h5-6,8,10H,3-4,7,9H2,1-2H3,(H,18,19,20). The highest BCUT2D eigenvalue weighted by Crippen LogP contribution is 2.27.